The molecule has 1 aliphatic heterocycles. The highest BCUT2D eigenvalue weighted by molar-refractivity contribution is 5.94. The molecule has 14 nitrogen and oxygen atoms in total. The van der Waals surface area contributed by atoms with Gasteiger partial charge in [0.15, 0.2) is 17.5 Å². The summed E-state index contributed by atoms with van der Waals surface area (Å²) in [6.07, 6.45) is -9.09. The first-order valence-electron chi connectivity index (χ1n) is 20.0. The Morgan fingerprint density at radius 1 is 0.983 bits per heavy atom. The number of ether oxygens (including phenoxy) is 5. The van der Waals surface area contributed by atoms with Crippen LogP contribution in [0.2, 0.25) is 0 Å². The summed E-state index contributed by atoms with van der Waals surface area (Å²) in [5, 5.41) is 40.4. The van der Waals surface area contributed by atoms with Crippen molar-refractivity contribution < 1.29 is 63.0 Å². The van der Waals surface area contributed by atoms with Gasteiger partial charge < -0.3 is 44.3 Å². The predicted molar refractivity (Wildman–Crippen MR) is 211 cm³/mol. The number of carbonyl (C=O) groups excluding carboxylic acids is 5. The molecule has 320 valence electrons. The normalized spacial score (nSPS) is 33.4. The van der Waals surface area contributed by atoms with Gasteiger partial charge in [0.1, 0.15) is 30.0 Å². The van der Waals surface area contributed by atoms with Crippen molar-refractivity contribution in [1.82, 2.24) is 5.32 Å². The third-order valence-corrected chi connectivity index (χ3v) is 13.2. The summed E-state index contributed by atoms with van der Waals surface area (Å²) in [5.74, 6) is -5.29. The molecule has 2 aromatic rings. The molecule has 1 amide bonds. The Labute approximate surface area is 344 Å². The van der Waals surface area contributed by atoms with Crippen LogP contribution < -0.4 is 5.32 Å². The van der Waals surface area contributed by atoms with E-state index in [-0.39, 0.29) is 36.2 Å². The Hall–Kier alpha value is -4.47. The highest BCUT2D eigenvalue weighted by Crippen LogP contribution is 2.64. The number of aliphatic hydroxyl groups is 3. The maximum absolute atomic E-state index is 15.2. The van der Waals surface area contributed by atoms with Gasteiger partial charge in [0.25, 0.3) is 0 Å². The molecule has 0 spiro atoms. The third-order valence-electron chi connectivity index (χ3n) is 13.2. The molecule has 6 rings (SSSR count). The van der Waals surface area contributed by atoms with Gasteiger partial charge in [-0.3, -0.25) is 14.4 Å². The smallest absolute Gasteiger partial charge is 0.338 e. The van der Waals surface area contributed by atoms with Crippen molar-refractivity contribution in [3.05, 3.63) is 82.9 Å². The van der Waals surface area contributed by atoms with Gasteiger partial charge in [-0.25, -0.2) is 9.59 Å². The van der Waals surface area contributed by atoms with E-state index in [2.05, 4.69) is 5.32 Å². The zero-order chi connectivity index (χ0) is 43.5. The third kappa shape index (κ3) is 7.51. The van der Waals surface area contributed by atoms with E-state index in [0.717, 1.165) is 0 Å². The summed E-state index contributed by atoms with van der Waals surface area (Å²) in [5.41, 5.74) is -6.87. The number of carbonyl (C=O) groups is 5. The van der Waals surface area contributed by atoms with Gasteiger partial charge in [-0.1, -0.05) is 83.1 Å². The molecule has 59 heavy (non-hydrogen) atoms. The first-order valence-corrected chi connectivity index (χ1v) is 20.0. The minimum Gasteiger partial charge on any atom is -0.456 e. The number of benzene rings is 2. The average molecular weight is 820 g/mol. The monoisotopic (exact) mass is 819 g/mol. The van der Waals surface area contributed by atoms with Crippen LogP contribution in [0.1, 0.15) is 96.6 Å². The Bertz CT molecular complexity index is 1990. The lowest BCUT2D eigenvalue weighted by Gasteiger charge is -2.67. The van der Waals surface area contributed by atoms with Gasteiger partial charge in [0.05, 0.1) is 35.6 Å². The average Bonchev–Trinajstić information content (AvgIpc) is 3.16. The fourth-order valence-electron chi connectivity index (χ4n) is 10.2. The maximum Gasteiger partial charge on any atom is 0.338 e. The zero-order valence-electron chi connectivity index (χ0n) is 35.1. The van der Waals surface area contributed by atoms with E-state index in [4.69, 9.17) is 23.7 Å². The molecular weight excluding hydrogens is 762 g/mol. The van der Waals surface area contributed by atoms with Gasteiger partial charge in [0.2, 0.25) is 5.91 Å². The maximum atomic E-state index is 15.2. The summed E-state index contributed by atoms with van der Waals surface area (Å²) < 4.78 is 30.5. The molecule has 2 saturated carbocycles. The second kappa shape index (κ2) is 15.9. The fraction of sp³-hybridized carbons (Fsp3) is 0.578. The van der Waals surface area contributed by atoms with E-state index in [1.807, 2.05) is 20.8 Å². The van der Waals surface area contributed by atoms with Crippen LogP contribution in [0, 0.1) is 22.2 Å². The van der Waals surface area contributed by atoms with Crippen molar-refractivity contribution in [2.45, 2.75) is 129 Å². The molecule has 2 aromatic carbocycles. The molecule has 2 unspecified atom stereocenters. The van der Waals surface area contributed by atoms with Crippen LogP contribution in [0.15, 0.2) is 71.8 Å². The summed E-state index contributed by atoms with van der Waals surface area (Å²) in [6, 6.07) is 15.2. The number of nitrogens with one attached hydrogen (secondary N) is 1. The van der Waals surface area contributed by atoms with Crippen molar-refractivity contribution >= 4 is 29.6 Å². The zero-order valence-corrected chi connectivity index (χ0v) is 35.1. The van der Waals surface area contributed by atoms with Crippen molar-refractivity contribution in [3.63, 3.8) is 0 Å². The number of methoxy groups -OCH3 is 1. The summed E-state index contributed by atoms with van der Waals surface area (Å²) in [7, 11) is 1.40. The van der Waals surface area contributed by atoms with Crippen LogP contribution >= 0.6 is 0 Å². The summed E-state index contributed by atoms with van der Waals surface area (Å²) in [4.78, 5) is 69.7. The molecule has 3 fully saturated rings. The Balaban J connectivity index is 1.50. The molecule has 4 aliphatic rings. The molecule has 1 saturated heterocycles. The lowest BCUT2D eigenvalue weighted by molar-refractivity contribution is -0.347. The Morgan fingerprint density at radius 3 is 2.14 bits per heavy atom. The van der Waals surface area contributed by atoms with Crippen LogP contribution in [0.5, 0.6) is 0 Å². The number of aliphatic hydroxyl groups excluding tert-OH is 2. The topological polar surface area (TPSA) is 204 Å². The first kappa shape index (κ1) is 44.1. The number of rotatable bonds is 10. The SMILES string of the molecule is CO[C@H]1CC2OC[C@@]2(OC(C)=O)[C@H]2[C@H](OC(=O)c3ccccc3)[C@]3(O)CC(OC(=O)[C@H](O)[C@@H](NC(=O)CC(C)(C)C)c4ccccc4)C(C)=C([C@@H](O)C(=O)[C@]12C)C3(C)C. The van der Waals surface area contributed by atoms with E-state index in [0.29, 0.717) is 5.56 Å². The van der Waals surface area contributed by atoms with Crippen molar-refractivity contribution in [2.75, 3.05) is 13.7 Å². The fourth-order valence-corrected chi connectivity index (χ4v) is 10.2. The number of fused-ring (bicyclic) bond motifs is 5. The number of Topliss-reactive ketones (excluding diaryl/α,β-unsaturated/α-hetero) is 1. The van der Waals surface area contributed by atoms with E-state index >= 15 is 4.79 Å². The number of esters is 3. The molecule has 0 radical (unpaired) electrons. The van der Waals surface area contributed by atoms with E-state index in [1.54, 1.807) is 76.2 Å². The molecule has 11 atom stereocenters. The molecule has 2 bridgehead atoms. The van der Waals surface area contributed by atoms with Crippen LogP contribution in [0.25, 0.3) is 0 Å². The van der Waals surface area contributed by atoms with Crippen LogP contribution in [0.3, 0.4) is 0 Å². The molecular formula is C45H57NO13. The second-order valence-electron chi connectivity index (χ2n) is 18.4. The molecule has 14 heteroatoms. The van der Waals surface area contributed by atoms with E-state index in [9.17, 15) is 34.5 Å². The number of hydrogen-bond donors (Lipinski definition) is 4. The van der Waals surface area contributed by atoms with Gasteiger partial charge in [-0.15, -0.1) is 0 Å². The predicted octanol–water partition coefficient (Wildman–Crippen LogP) is 3.94. The highest BCUT2D eigenvalue weighted by atomic mass is 16.6. The van der Waals surface area contributed by atoms with E-state index in [1.165, 1.54) is 26.2 Å². The van der Waals surface area contributed by atoms with Gasteiger partial charge in [-0.2, -0.15) is 0 Å². The number of amides is 1. The second-order valence-corrected chi connectivity index (χ2v) is 18.4. The Morgan fingerprint density at radius 2 is 1.59 bits per heavy atom. The largest absolute Gasteiger partial charge is 0.456 e. The summed E-state index contributed by atoms with van der Waals surface area (Å²) in [6.45, 7) is 12.9. The van der Waals surface area contributed by atoms with Crippen molar-refractivity contribution in [3.8, 4) is 0 Å². The van der Waals surface area contributed by atoms with Gasteiger partial charge in [-0.05, 0) is 48.1 Å². The molecule has 0 aromatic heterocycles. The van der Waals surface area contributed by atoms with Gasteiger partial charge >= 0.3 is 17.9 Å². The lowest BCUT2D eigenvalue weighted by atomic mass is 9.44. The number of ketones is 1. The van der Waals surface area contributed by atoms with E-state index < -0.39 is 112 Å². The minimum absolute atomic E-state index is 0.0189. The quantitative estimate of drug-likeness (QED) is 0.153. The molecule has 4 N–H and O–H groups in total. The minimum atomic E-state index is -2.28. The number of hydrogen-bond acceptors (Lipinski definition) is 13. The molecule has 3 aliphatic carbocycles. The Kier molecular flexibility index (Phi) is 11.8. The first-order chi connectivity index (χ1) is 27.5. The van der Waals surface area contributed by atoms with Crippen molar-refractivity contribution in [2.24, 2.45) is 22.2 Å². The van der Waals surface area contributed by atoms with Crippen LogP contribution in [-0.4, -0.2) is 106 Å². The van der Waals surface area contributed by atoms with Crippen LogP contribution in [0.4, 0.5) is 0 Å². The lowest BCUT2D eigenvalue weighted by Crippen LogP contribution is -2.82. The highest BCUT2D eigenvalue weighted by Gasteiger charge is 2.78. The molecule has 1 heterocycles. The van der Waals surface area contributed by atoms with Crippen molar-refractivity contribution in [1.29, 1.82) is 0 Å². The standard InChI is InChI=1S/C45H57NO13/c1-24-28(57-40(53)35(50)33(26-16-12-10-13-17-26)46-31(48)22-41(3,4)5)21-45(54)38(58-39(52)27-18-14-11-15-19-27)36-43(8,37(51)34(49)32(24)42(45,6)7)29(55-9)20-30-44(36,23-56-30)59-25(2)47/h10-19,28-30,33-36,38,49-50,54H,20-23H2,1-9H3,(H,46,48)/t28?,29-,30?,33-,34+,35+,36-,38-,43+,44-,45+/m0/s1. The van der Waals surface area contributed by atoms with Gasteiger partial charge in [0, 0.05) is 38.7 Å². The summed E-state index contributed by atoms with van der Waals surface area (Å²) >= 11 is 0. The van der Waals surface area contributed by atoms with Crippen LogP contribution in [-0.2, 0) is 42.9 Å².